The zero-order valence-corrected chi connectivity index (χ0v) is 7.46. The number of nitrogens with zero attached hydrogens (tertiary/aromatic N) is 2. The summed E-state index contributed by atoms with van der Waals surface area (Å²) >= 11 is 0. The summed E-state index contributed by atoms with van der Waals surface area (Å²) in [6.45, 7) is 3.42. The van der Waals surface area contributed by atoms with Crippen LogP contribution in [0.15, 0.2) is 0 Å². The Morgan fingerprint density at radius 3 is 2.58 bits per heavy atom. The Bertz CT molecular complexity index is 315. The molecule has 1 heterocycles. The maximum atomic E-state index is 11.2. The summed E-state index contributed by atoms with van der Waals surface area (Å²) in [6, 6.07) is 0. The van der Waals surface area contributed by atoms with Gasteiger partial charge in [-0.2, -0.15) is 5.10 Å². The quantitative estimate of drug-likeness (QED) is 0.671. The Balaban J connectivity index is 3.22. The Hall–Kier alpha value is -1.32. The number of ketones is 1. The molecule has 1 aromatic rings. The molecule has 0 unspecified atom stereocenters. The molecule has 0 aromatic carbocycles. The number of carbonyl (C=O) groups excluding carboxylic acids is 1. The Labute approximate surface area is 70.8 Å². The van der Waals surface area contributed by atoms with Crippen LogP contribution in [0, 0.1) is 6.92 Å². The van der Waals surface area contributed by atoms with E-state index in [4.69, 9.17) is 0 Å². The lowest BCUT2D eigenvalue weighted by Gasteiger charge is -1.97. The highest BCUT2D eigenvalue weighted by atomic mass is 16.3. The van der Waals surface area contributed by atoms with Gasteiger partial charge >= 0.3 is 0 Å². The van der Waals surface area contributed by atoms with Crippen molar-refractivity contribution in [2.45, 2.75) is 20.3 Å². The number of Topliss-reactive ketones (excluding diaryl/α,β-unsaturated/α-hetero) is 1. The first-order valence-corrected chi connectivity index (χ1v) is 3.83. The predicted octanol–water partition coefficient (Wildman–Crippen LogP) is 1.03. The highest BCUT2D eigenvalue weighted by Gasteiger charge is 2.17. The van der Waals surface area contributed by atoms with Crippen molar-refractivity contribution in [3.05, 3.63) is 11.4 Å². The fourth-order valence-corrected chi connectivity index (χ4v) is 1.13. The molecule has 4 nitrogen and oxygen atoms in total. The number of hydrogen-bond acceptors (Lipinski definition) is 3. The number of aryl methyl sites for hydroxylation is 2. The van der Waals surface area contributed by atoms with Gasteiger partial charge in [0.05, 0.1) is 0 Å². The van der Waals surface area contributed by atoms with Crippen molar-refractivity contribution in [2.75, 3.05) is 0 Å². The lowest BCUT2D eigenvalue weighted by Crippen LogP contribution is -2.05. The van der Waals surface area contributed by atoms with Crippen molar-refractivity contribution >= 4 is 5.78 Å². The summed E-state index contributed by atoms with van der Waals surface area (Å²) in [4.78, 5) is 11.2. The van der Waals surface area contributed by atoms with E-state index >= 15 is 0 Å². The molecule has 12 heavy (non-hydrogen) atoms. The van der Waals surface area contributed by atoms with E-state index in [0.717, 1.165) is 0 Å². The Morgan fingerprint density at radius 2 is 2.25 bits per heavy atom. The normalized spacial score (nSPS) is 10.2. The average Bonchev–Trinajstić information content (AvgIpc) is 2.26. The van der Waals surface area contributed by atoms with Crippen molar-refractivity contribution in [2.24, 2.45) is 7.05 Å². The lowest BCUT2D eigenvalue weighted by molar-refractivity contribution is 0.0976. The summed E-state index contributed by atoms with van der Waals surface area (Å²) in [5.41, 5.74) is 0.796. The maximum Gasteiger partial charge on any atom is 0.184 e. The van der Waals surface area contributed by atoms with Gasteiger partial charge in [0.2, 0.25) is 0 Å². The van der Waals surface area contributed by atoms with E-state index in [-0.39, 0.29) is 11.5 Å². The zero-order chi connectivity index (χ0) is 9.30. The highest BCUT2D eigenvalue weighted by Crippen LogP contribution is 2.21. The van der Waals surface area contributed by atoms with Crippen LogP contribution in [0.2, 0.25) is 0 Å². The largest absolute Gasteiger partial charge is 0.504 e. The van der Waals surface area contributed by atoms with Crippen LogP contribution in [0.5, 0.6) is 5.75 Å². The second kappa shape index (κ2) is 2.97. The van der Waals surface area contributed by atoms with Gasteiger partial charge in [-0.15, -0.1) is 0 Å². The van der Waals surface area contributed by atoms with E-state index in [0.29, 0.717) is 17.8 Å². The molecule has 1 aromatic heterocycles. The van der Waals surface area contributed by atoms with E-state index in [1.807, 2.05) is 0 Å². The summed E-state index contributed by atoms with van der Waals surface area (Å²) in [5, 5.41) is 13.3. The number of aromatic hydroxyl groups is 1. The van der Waals surface area contributed by atoms with Gasteiger partial charge in [-0.05, 0) is 6.92 Å². The molecule has 4 heteroatoms. The average molecular weight is 168 g/mol. The lowest BCUT2D eigenvalue weighted by atomic mass is 10.2. The van der Waals surface area contributed by atoms with Gasteiger partial charge in [-0.25, -0.2) is 0 Å². The minimum Gasteiger partial charge on any atom is -0.504 e. The van der Waals surface area contributed by atoms with Crippen LogP contribution in [-0.4, -0.2) is 20.7 Å². The van der Waals surface area contributed by atoms with Gasteiger partial charge in [0, 0.05) is 13.5 Å². The monoisotopic (exact) mass is 168 g/mol. The highest BCUT2D eigenvalue weighted by molar-refractivity contribution is 5.96. The first-order chi connectivity index (χ1) is 5.57. The molecular weight excluding hydrogens is 156 g/mol. The van der Waals surface area contributed by atoms with Gasteiger partial charge in [0.1, 0.15) is 11.4 Å². The van der Waals surface area contributed by atoms with Gasteiger partial charge in [0.25, 0.3) is 0 Å². The molecule has 0 bridgehead atoms. The fraction of sp³-hybridized carbons (Fsp3) is 0.500. The minimum atomic E-state index is -0.0874. The number of carbonyl (C=O) groups is 1. The maximum absolute atomic E-state index is 11.2. The second-order valence-electron chi connectivity index (χ2n) is 2.68. The molecule has 0 radical (unpaired) electrons. The minimum absolute atomic E-state index is 0.00403. The summed E-state index contributed by atoms with van der Waals surface area (Å²) in [7, 11) is 1.65. The van der Waals surface area contributed by atoms with Crippen molar-refractivity contribution in [3.8, 4) is 5.75 Å². The fourth-order valence-electron chi connectivity index (χ4n) is 1.13. The van der Waals surface area contributed by atoms with E-state index in [1.165, 1.54) is 4.68 Å². The molecule has 0 saturated carbocycles. The third-order valence-corrected chi connectivity index (χ3v) is 1.78. The molecule has 0 fully saturated rings. The molecule has 66 valence electrons. The second-order valence-corrected chi connectivity index (χ2v) is 2.68. The van der Waals surface area contributed by atoms with Gasteiger partial charge < -0.3 is 5.11 Å². The third kappa shape index (κ3) is 1.20. The van der Waals surface area contributed by atoms with E-state index < -0.39 is 0 Å². The van der Waals surface area contributed by atoms with Crippen molar-refractivity contribution in [3.63, 3.8) is 0 Å². The van der Waals surface area contributed by atoms with Crippen LogP contribution in [-0.2, 0) is 7.05 Å². The smallest absolute Gasteiger partial charge is 0.184 e. The first kappa shape index (κ1) is 8.77. The molecule has 0 saturated heterocycles. The van der Waals surface area contributed by atoms with Gasteiger partial charge in [0.15, 0.2) is 11.5 Å². The number of aromatic nitrogens is 2. The van der Waals surface area contributed by atoms with Crippen molar-refractivity contribution in [1.29, 1.82) is 0 Å². The molecule has 0 spiro atoms. The van der Waals surface area contributed by atoms with E-state index in [9.17, 15) is 9.90 Å². The van der Waals surface area contributed by atoms with Crippen LogP contribution < -0.4 is 0 Å². The third-order valence-electron chi connectivity index (χ3n) is 1.78. The molecule has 1 rings (SSSR count). The summed E-state index contributed by atoms with van der Waals surface area (Å²) in [6.07, 6.45) is 0.381. The molecule has 0 atom stereocenters. The van der Waals surface area contributed by atoms with Crippen LogP contribution in [0.4, 0.5) is 0 Å². The topological polar surface area (TPSA) is 55.1 Å². The Kier molecular flexibility index (Phi) is 2.17. The SMILES string of the molecule is CCC(=O)c1c(O)c(C)nn1C. The van der Waals surface area contributed by atoms with Gasteiger partial charge in [-0.3, -0.25) is 9.48 Å². The van der Waals surface area contributed by atoms with E-state index in [1.54, 1.807) is 20.9 Å². The van der Waals surface area contributed by atoms with Crippen LogP contribution in [0.3, 0.4) is 0 Å². The van der Waals surface area contributed by atoms with E-state index in [2.05, 4.69) is 5.10 Å². The van der Waals surface area contributed by atoms with Crippen LogP contribution >= 0.6 is 0 Å². The number of hydrogen-bond donors (Lipinski definition) is 1. The first-order valence-electron chi connectivity index (χ1n) is 3.83. The predicted molar refractivity (Wildman–Crippen MR) is 44.2 cm³/mol. The van der Waals surface area contributed by atoms with Crippen LogP contribution in [0.1, 0.15) is 29.5 Å². The summed E-state index contributed by atoms with van der Waals surface area (Å²) < 4.78 is 1.41. The zero-order valence-electron chi connectivity index (χ0n) is 7.46. The number of rotatable bonds is 2. The molecule has 1 N–H and O–H groups in total. The van der Waals surface area contributed by atoms with Crippen molar-refractivity contribution < 1.29 is 9.90 Å². The van der Waals surface area contributed by atoms with Crippen molar-refractivity contribution in [1.82, 2.24) is 9.78 Å². The summed E-state index contributed by atoms with van der Waals surface area (Å²) in [5.74, 6) is -0.0834. The van der Waals surface area contributed by atoms with Gasteiger partial charge in [-0.1, -0.05) is 6.92 Å². The molecule has 0 aliphatic heterocycles. The molecule has 0 aliphatic carbocycles. The molecular formula is C8H12N2O2. The standard InChI is InChI=1S/C8H12N2O2/c1-4-6(11)7-8(12)5(2)9-10(7)3/h12H,4H2,1-3H3. The molecule has 0 aliphatic rings. The van der Waals surface area contributed by atoms with Crippen LogP contribution in [0.25, 0.3) is 0 Å². The Morgan fingerprint density at radius 1 is 1.67 bits per heavy atom. The molecule has 0 amide bonds.